The molecule has 0 unspecified atom stereocenters. The first-order valence-corrected chi connectivity index (χ1v) is 6.84. The van der Waals surface area contributed by atoms with E-state index in [-0.39, 0.29) is 11.1 Å². The normalized spacial score (nSPS) is 18.7. The third-order valence-corrected chi connectivity index (χ3v) is 3.96. The molecule has 0 atom stereocenters. The summed E-state index contributed by atoms with van der Waals surface area (Å²) in [7, 11) is 0. The van der Waals surface area contributed by atoms with Crippen LogP contribution >= 0.6 is 0 Å². The average molecular weight is 282 g/mol. The predicted octanol–water partition coefficient (Wildman–Crippen LogP) is 3.20. The highest BCUT2D eigenvalue weighted by Gasteiger charge is 2.29. The highest BCUT2D eigenvalue weighted by Crippen LogP contribution is 2.31. The van der Waals surface area contributed by atoms with E-state index in [0.717, 1.165) is 31.4 Å². The third kappa shape index (κ3) is 2.92. The van der Waals surface area contributed by atoms with Crippen LogP contribution < -0.4 is 5.73 Å². The van der Waals surface area contributed by atoms with Crippen molar-refractivity contribution in [2.45, 2.75) is 33.1 Å². The maximum absolute atomic E-state index is 13.9. The van der Waals surface area contributed by atoms with Crippen molar-refractivity contribution < 1.29 is 13.6 Å². The minimum Gasteiger partial charge on any atom is -0.396 e. The summed E-state index contributed by atoms with van der Waals surface area (Å²) in [4.78, 5) is 13.9. The van der Waals surface area contributed by atoms with Gasteiger partial charge < -0.3 is 10.6 Å². The molecular formula is C15H20F2N2O. The maximum atomic E-state index is 13.9. The second-order valence-corrected chi connectivity index (χ2v) is 6.14. The fourth-order valence-electron chi connectivity index (χ4n) is 2.55. The Kier molecular flexibility index (Phi) is 3.97. The number of nitrogen functional groups attached to an aromatic ring is 1. The Morgan fingerprint density at radius 1 is 1.25 bits per heavy atom. The molecular weight excluding hydrogens is 262 g/mol. The number of halogens is 2. The van der Waals surface area contributed by atoms with Gasteiger partial charge in [0.25, 0.3) is 5.91 Å². The van der Waals surface area contributed by atoms with E-state index in [0.29, 0.717) is 13.1 Å². The molecule has 1 aliphatic rings. The number of hydrogen-bond acceptors (Lipinski definition) is 2. The summed E-state index contributed by atoms with van der Waals surface area (Å²) in [5.41, 5.74) is 4.83. The monoisotopic (exact) mass is 282 g/mol. The topological polar surface area (TPSA) is 46.3 Å². The van der Waals surface area contributed by atoms with Crippen LogP contribution in [0, 0.1) is 17.0 Å². The molecule has 0 aliphatic carbocycles. The van der Waals surface area contributed by atoms with E-state index in [1.54, 1.807) is 0 Å². The summed E-state index contributed by atoms with van der Waals surface area (Å²) in [6, 6.07) is 2.17. The summed E-state index contributed by atoms with van der Waals surface area (Å²) in [6.07, 6.45) is 2.66. The number of amides is 1. The molecule has 1 saturated heterocycles. The molecule has 1 fully saturated rings. The molecule has 3 nitrogen and oxygen atoms in total. The van der Waals surface area contributed by atoms with E-state index < -0.39 is 23.1 Å². The molecule has 5 heteroatoms. The summed E-state index contributed by atoms with van der Waals surface area (Å²) in [5, 5.41) is 0. The molecule has 2 N–H and O–H groups in total. The summed E-state index contributed by atoms with van der Waals surface area (Å²) in [6.45, 7) is 5.32. The second-order valence-electron chi connectivity index (χ2n) is 6.14. The van der Waals surface area contributed by atoms with Crippen LogP contribution in [-0.4, -0.2) is 23.9 Å². The van der Waals surface area contributed by atoms with Gasteiger partial charge in [0.15, 0.2) is 5.82 Å². The first-order chi connectivity index (χ1) is 9.32. The smallest absolute Gasteiger partial charge is 0.259 e. The fraction of sp³-hybridized carbons (Fsp3) is 0.533. The lowest BCUT2D eigenvalue weighted by Crippen LogP contribution is -2.33. The van der Waals surface area contributed by atoms with Gasteiger partial charge in [-0.1, -0.05) is 13.8 Å². The zero-order valence-electron chi connectivity index (χ0n) is 11.9. The third-order valence-electron chi connectivity index (χ3n) is 3.96. The van der Waals surface area contributed by atoms with Crippen molar-refractivity contribution in [3.8, 4) is 0 Å². The highest BCUT2D eigenvalue weighted by atomic mass is 19.1. The lowest BCUT2D eigenvalue weighted by atomic mass is 9.85. The number of hydrogen-bond donors (Lipinski definition) is 1. The van der Waals surface area contributed by atoms with Crippen molar-refractivity contribution >= 4 is 11.6 Å². The summed E-state index contributed by atoms with van der Waals surface area (Å²) in [5.74, 6) is -2.42. The Morgan fingerprint density at radius 2 is 1.95 bits per heavy atom. The molecule has 0 aromatic heterocycles. The Balaban J connectivity index is 2.26. The Bertz CT molecular complexity index is 529. The van der Waals surface area contributed by atoms with Crippen LogP contribution in [0.25, 0.3) is 0 Å². The SMILES string of the molecule is CC1(C)CCCN(C(=O)c2c(F)ccc(N)c2F)CC1. The van der Waals surface area contributed by atoms with Crippen LogP contribution in [0.5, 0.6) is 0 Å². The Morgan fingerprint density at radius 3 is 2.65 bits per heavy atom. The van der Waals surface area contributed by atoms with Gasteiger partial charge in [0.05, 0.1) is 5.69 Å². The van der Waals surface area contributed by atoms with E-state index >= 15 is 0 Å². The minimum absolute atomic E-state index is 0.155. The number of carbonyl (C=O) groups is 1. The molecule has 1 aromatic rings. The van der Waals surface area contributed by atoms with E-state index in [2.05, 4.69) is 13.8 Å². The van der Waals surface area contributed by atoms with Gasteiger partial charge in [-0.3, -0.25) is 4.79 Å². The molecule has 0 bridgehead atoms. The zero-order chi connectivity index (χ0) is 14.9. The van der Waals surface area contributed by atoms with Gasteiger partial charge in [-0.2, -0.15) is 0 Å². The number of anilines is 1. The predicted molar refractivity (Wildman–Crippen MR) is 74.3 cm³/mol. The van der Waals surface area contributed by atoms with Crippen LogP contribution in [0.2, 0.25) is 0 Å². The molecule has 1 aliphatic heterocycles. The van der Waals surface area contributed by atoms with Gasteiger partial charge in [-0.25, -0.2) is 8.78 Å². The standard InChI is InChI=1S/C15H20F2N2O/c1-15(2)6-3-8-19(9-7-15)14(20)12-10(16)4-5-11(18)13(12)17/h4-5H,3,6-9,18H2,1-2H3. The molecule has 1 heterocycles. The summed E-state index contributed by atoms with van der Waals surface area (Å²) >= 11 is 0. The minimum atomic E-state index is -0.960. The molecule has 1 amide bonds. The second kappa shape index (κ2) is 5.38. The number of nitrogens with two attached hydrogens (primary N) is 1. The molecule has 0 saturated carbocycles. The molecule has 20 heavy (non-hydrogen) atoms. The van der Waals surface area contributed by atoms with Crippen LogP contribution in [0.15, 0.2) is 12.1 Å². The number of rotatable bonds is 1. The number of nitrogens with zero attached hydrogens (tertiary/aromatic N) is 1. The Hall–Kier alpha value is -1.65. The van der Waals surface area contributed by atoms with Crippen molar-refractivity contribution in [2.24, 2.45) is 5.41 Å². The number of likely N-dealkylation sites (tertiary alicyclic amines) is 1. The van der Waals surface area contributed by atoms with Gasteiger partial charge in [-0.15, -0.1) is 0 Å². The maximum Gasteiger partial charge on any atom is 0.259 e. The lowest BCUT2D eigenvalue weighted by Gasteiger charge is -2.23. The van der Waals surface area contributed by atoms with E-state index in [9.17, 15) is 13.6 Å². The molecule has 2 rings (SSSR count). The van der Waals surface area contributed by atoms with Crippen molar-refractivity contribution in [3.63, 3.8) is 0 Å². The van der Waals surface area contributed by atoms with Crippen LogP contribution in [0.3, 0.4) is 0 Å². The molecule has 0 radical (unpaired) electrons. The number of benzene rings is 1. The largest absolute Gasteiger partial charge is 0.396 e. The summed E-state index contributed by atoms with van der Waals surface area (Å²) < 4.78 is 27.7. The molecule has 0 spiro atoms. The van der Waals surface area contributed by atoms with Gasteiger partial charge >= 0.3 is 0 Å². The van der Waals surface area contributed by atoms with E-state index in [4.69, 9.17) is 5.73 Å². The average Bonchev–Trinajstić information content (AvgIpc) is 2.55. The number of carbonyl (C=O) groups excluding carboxylic acids is 1. The van der Waals surface area contributed by atoms with Crippen LogP contribution in [-0.2, 0) is 0 Å². The van der Waals surface area contributed by atoms with E-state index in [1.165, 1.54) is 4.90 Å². The highest BCUT2D eigenvalue weighted by molar-refractivity contribution is 5.95. The first-order valence-electron chi connectivity index (χ1n) is 6.84. The van der Waals surface area contributed by atoms with Gasteiger partial charge in [0.2, 0.25) is 0 Å². The zero-order valence-corrected chi connectivity index (χ0v) is 11.9. The van der Waals surface area contributed by atoms with Crippen molar-refractivity contribution in [3.05, 3.63) is 29.3 Å². The van der Waals surface area contributed by atoms with Gasteiger partial charge in [0.1, 0.15) is 11.4 Å². The van der Waals surface area contributed by atoms with Crippen LogP contribution in [0.1, 0.15) is 43.5 Å². The lowest BCUT2D eigenvalue weighted by molar-refractivity contribution is 0.0747. The molecule has 1 aromatic carbocycles. The van der Waals surface area contributed by atoms with Gasteiger partial charge in [0, 0.05) is 13.1 Å². The van der Waals surface area contributed by atoms with Crippen molar-refractivity contribution in [1.82, 2.24) is 4.90 Å². The Labute approximate surface area is 117 Å². The quantitative estimate of drug-likeness (QED) is 0.804. The van der Waals surface area contributed by atoms with E-state index in [1.807, 2.05) is 0 Å². The first kappa shape index (κ1) is 14.8. The fourth-order valence-corrected chi connectivity index (χ4v) is 2.55. The van der Waals surface area contributed by atoms with Crippen molar-refractivity contribution in [2.75, 3.05) is 18.8 Å². The van der Waals surface area contributed by atoms with Crippen LogP contribution in [0.4, 0.5) is 14.5 Å². The van der Waals surface area contributed by atoms with Crippen molar-refractivity contribution in [1.29, 1.82) is 0 Å². The van der Waals surface area contributed by atoms with Gasteiger partial charge in [-0.05, 0) is 36.8 Å². The molecule has 110 valence electrons.